The molecular weight excluding hydrogens is 191 g/mol. The van der Waals surface area contributed by atoms with Gasteiger partial charge in [-0.25, -0.2) is 0 Å². The van der Waals surface area contributed by atoms with Crippen LogP contribution in [-0.2, 0) is 0 Å². The van der Waals surface area contributed by atoms with E-state index in [1.54, 1.807) is 0 Å². The summed E-state index contributed by atoms with van der Waals surface area (Å²) in [6, 6.07) is 0. The first kappa shape index (κ1) is 11.8. The van der Waals surface area contributed by atoms with Crippen LogP contribution >= 0.6 is 0 Å². The van der Waals surface area contributed by atoms with Gasteiger partial charge in [0.25, 0.3) is 0 Å². The molecule has 1 rings (SSSR count). The molecule has 0 radical (unpaired) electrons. The smallest absolute Gasteiger partial charge is 0.308 e. The highest BCUT2D eigenvalue weighted by atomic mass is 19.4. The van der Waals surface area contributed by atoms with Gasteiger partial charge >= 0.3 is 6.18 Å². The second-order valence-electron chi connectivity index (χ2n) is 4.49. The molecule has 1 aliphatic rings. The van der Waals surface area contributed by atoms with Crippen LogP contribution in [0.1, 0.15) is 26.7 Å². The highest BCUT2D eigenvalue weighted by Gasteiger charge is 2.34. The van der Waals surface area contributed by atoms with E-state index >= 15 is 0 Å². The minimum atomic E-state index is -4.08. The van der Waals surface area contributed by atoms with E-state index in [1.165, 1.54) is 12.8 Å². The van der Waals surface area contributed by atoms with Crippen LogP contribution in [0.3, 0.4) is 0 Å². The quantitative estimate of drug-likeness (QED) is 0.734. The SMILES string of the molecule is CC(C)C(CNCC(F)(F)F)C1CC1. The molecule has 0 bridgehead atoms. The highest BCUT2D eigenvalue weighted by molar-refractivity contribution is 4.84. The van der Waals surface area contributed by atoms with Gasteiger partial charge in [0.2, 0.25) is 0 Å². The molecule has 4 heteroatoms. The van der Waals surface area contributed by atoms with Crippen LogP contribution in [0.25, 0.3) is 0 Å². The van der Waals surface area contributed by atoms with Crippen molar-refractivity contribution >= 4 is 0 Å². The van der Waals surface area contributed by atoms with Gasteiger partial charge in [-0.1, -0.05) is 13.8 Å². The fourth-order valence-electron chi connectivity index (χ4n) is 1.85. The van der Waals surface area contributed by atoms with Crippen LogP contribution in [-0.4, -0.2) is 19.3 Å². The topological polar surface area (TPSA) is 12.0 Å². The molecule has 84 valence electrons. The Balaban J connectivity index is 2.20. The Morgan fingerprint density at radius 2 is 1.86 bits per heavy atom. The van der Waals surface area contributed by atoms with Gasteiger partial charge in [-0.05, 0) is 37.1 Å². The van der Waals surface area contributed by atoms with E-state index in [0.717, 1.165) is 0 Å². The molecule has 0 aromatic heterocycles. The zero-order chi connectivity index (χ0) is 10.8. The summed E-state index contributed by atoms with van der Waals surface area (Å²) in [7, 11) is 0. The predicted octanol–water partition coefficient (Wildman–Crippen LogP) is 2.82. The molecule has 0 aromatic carbocycles. The molecule has 1 fully saturated rings. The average Bonchev–Trinajstić information content (AvgIpc) is 2.77. The molecular formula is C10H18F3N. The number of rotatable bonds is 5. The molecule has 0 aliphatic heterocycles. The minimum absolute atomic E-state index is 0.414. The first-order valence-electron chi connectivity index (χ1n) is 5.17. The van der Waals surface area contributed by atoms with E-state index in [4.69, 9.17) is 0 Å². The van der Waals surface area contributed by atoms with Crippen molar-refractivity contribution in [3.05, 3.63) is 0 Å². The Bertz CT molecular complexity index is 171. The lowest BCUT2D eigenvalue weighted by atomic mass is 9.91. The number of hydrogen-bond acceptors (Lipinski definition) is 1. The number of alkyl halides is 3. The van der Waals surface area contributed by atoms with Crippen molar-refractivity contribution < 1.29 is 13.2 Å². The molecule has 1 N–H and O–H groups in total. The Kier molecular flexibility index (Phi) is 3.81. The van der Waals surface area contributed by atoms with Crippen molar-refractivity contribution in [2.24, 2.45) is 17.8 Å². The number of hydrogen-bond donors (Lipinski definition) is 1. The number of halogens is 3. The van der Waals surface area contributed by atoms with Crippen molar-refractivity contribution in [3.8, 4) is 0 Å². The summed E-state index contributed by atoms with van der Waals surface area (Å²) in [5, 5.41) is 2.50. The van der Waals surface area contributed by atoms with Gasteiger partial charge < -0.3 is 5.32 Å². The van der Waals surface area contributed by atoms with Crippen molar-refractivity contribution in [3.63, 3.8) is 0 Å². The van der Waals surface area contributed by atoms with Crippen molar-refractivity contribution in [2.45, 2.75) is 32.9 Å². The molecule has 1 atom stereocenters. The largest absolute Gasteiger partial charge is 0.401 e. The van der Waals surface area contributed by atoms with Gasteiger partial charge in [0.05, 0.1) is 6.54 Å². The summed E-state index contributed by atoms with van der Waals surface area (Å²) in [6.07, 6.45) is -1.70. The molecule has 0 amide bonds. The summed E-state index contributed by atoms with van der Waals surface area (Å²) < 4.78 is 35.6. The van der Waals surface area contributed by atoms with Gasteiger partial charge in [0, 0.05) is 0 Å². The first-order valence-corrected chi connectivity index (χ1v) is 5.17. The second kappa shape index (κ2) is 4.51. The number of nitrogens with one attached hydrogen (secondary N) is 1. The minimum Gasteiger partial charge on any atom is -0.308 e. The maximum Gasteiger partial charge on any atom is 0.401 e. The maximum atomic E-state index is 11.9. The monoisotopic (exact) mass is 209 g/mol. The summed E-state index contributed by atoms with van der Waals surface area (Å²) in [6.45, 7) is 3.81. The molecule has 0 heterocycles. The third-order valence-electron chi connectivity index (χ3n) is 2.79. The summed E-state index contributed by atoms with van der Waals surface area (Å²) in [4.78, 5) is 0. The van der Waals surface area contributed by atoms with Crippen molar-refractivity contribution in [2.75, 3.05) is 13.1 Å². The normalized spacial score (nSPS) is 20.1. The molecule has 1 saturated carbocycles. The van der Waals surface area contributed by atoms with Crippen LogP contribution in [0.5, 0.6) is 0 Å². The third kappa shape index (κ3) is 4.31. The van der Waals surface area contributed by atoms with E-state index in [9.17, 15) is 13.2 Å². The molecule has 14 heavy (non-hydrogen) atoms. The Hall–Kier alpha value is -0.250. The van der Waals surface area contributed by atoms with Crippen LogP contribution in [0.15, 0.2) is 0 Å². The van der Waals surface area contributed by atoms with Gasteiger partial charge in [0.1, 0.15) is 0 Å². The standard InChI is InChI=1S/C10H18F3N/c1-7(2)9(8-3-4-8)5-14-6-10(11,12)13/h7-9,14H,3-6H2,1-2H3. The summed E-state index contributed by atoms with van der Waals surface area (Å²) in [5.41, 5.74) is 0. The van der Waals surface area contributed by atoms with Crippen LogP contribution in [0.4, 0.5) is 13.2 Å². The molecule has 0 spiro atoms. The van der Waals surface area contributed by atoms with Crippen molar-refractivity contribution in [1.82, 2.24) is 5.32 Å². The van der Waals surface area contributed by atoms with E-state index in [1.807, 2.05) is 0 Å². The zero-order valence-electron chi connectivity index (χ0n) is 8.69. The van der Waals surface area contributed by atoms with Gasteiger partial charge in [-0.15, -0.1) is 0 Å². The Morgan fingerprint density at radius 3 is 2.21 bits per heavy atom. The average molecular weight is 209 g/mol. The molecule has 1 nitrogen and oxygen atoms in total. The predicted molar refractivity (Wildman–Crippen MR) is 50.0 cm³/mol. The van der Waals surface area contributed by atoms with Gasteiger partial charge in [0.15, 0.2) is 0 Å². The first-order chi connectivity index (χ1) is 6.40. The van der Waals surface area contributed by atoms with Gasteiger partial charge in [-0.3, -0.25) is 0 Å². The van der Waals surface area contributed by atoms with Crippen molar-refractivity contribution in [1.29, 1.82) is 0 Å². The zero-order valence-corrected chi connectivity index (χ0v) is 8.69. The molecule has 1 aliphatic carbocycles. The van der Waals surface area contributed by atoms with E-state index in [2.05, 4.69) is 19.2 Å². The highest BCUT2D eigenvalue weighted by Crippen LogP contribution is 2.40. The van der Waals surface area contributed by atoms with Crippen LogP contribution < -0.4 is 5.32 Å². The molecule has 0 aromatic rings. The summed E-state index contributed by atoms with van der Waals surface area (Å²) in [5.74, 6) is 1.55. The Morgan fingerprint density at radius 1 is 1.29 bits per heavy atom. The lowest BCUT2D eigenvalue weighted by Crippen LogP contribution is -2.34. The fourth-order valence-corrected chi connectivity index (χ4v) is 1.85. The van der Waals surface area contributed by atoms with E-state index in [0.29, 0.717) is 24.3 Å². The van der Waals surface area contributed by atoms with E-state index < -0.39 is 12.7 Å². The van der Waals surface area contributed by atoms with Gasteiger partial charge in [-0.2, -0.15) is 13.2 Å². The lowest BCUT2D eigenvalue weighted by Gasteiger charge is -2.21. The third-order valence-corrected chi connectivity index (χ3v) is 2.79. The second-order valence-corrected chi connectivity index (χ2v) is 4.49. The molecule has 1 unspecified atom stereocenters. The lowest BCUT2D eigenvalue weighted by molar-refractivity contribution is -0.125. The summed E-state index contributed by atoms with van der Waals surface area (Å²) >= 11 is 0. The van der Waals surface area contributed by atoms with Crippen LogP contribution in [0, 0.1) is 17.8 Å². The van der Waals surface area contributed by atoms with E-state index in [-0.39, 0.29) is 0 Å². The van der Waals surface area contributed by atoms with Crippen LogP contribution in [0.2, 0.25) is 0 Å². The molecule has 0 saturated heterocycles. The Labute approximate surface area is 83.1 Å². The maximum absolute atomic E-state index is 11.9. The fraction of sp³-hybridized carbons (Fsp3) is 1.00.